The molecule has 0 fully saturated rings. The molecule has 0 saturated carbocycles. The van der Waals surface area contributed by atoms with Crippen LogP contribution in [0, 0.1) is 27.7 Å². The molecule has 0 spiro atoms. The van der Waals surface area contributed by atoms with Gasteiger partial charge in [-0.05, 0) is 58.9 Å². The van der Waals surface area contributed by atoms with E-state index in [1.165, 1.54) is 11.8 Å². The summed E-state index contributed by atoms with van der Waals surface area (Å²) in [6.07, 6.45) is 1.66. The lowest BCUT2D eigenvalue weighted by atomic mass is 10.1. The Bertz CT molecular complexity index is 1190. The van der Waals surface area contributed by atoms with E-state index in [1.54, 1.807) is 10.8 Å². The molecule has 1 unspecified atom stereocenters. The summed E-state index contributed by atoms with van der Waals surface area (Å²) in [7, 11) is 0. The van der Waals surface area contributed by atoms with Gasteiger partial charge in [-0.25, -0.2) is 9.50 Å². The highest BCUT2D eigenvalue weighted by atomic mass is 32.2. The second kappa shape index (κ2) is 7.51. The van der Waals surface area contributed by atoms with Crippen LogP contribution in [0.2, 0.25) is 0 Å². The minimum absolute atomic E-state index is 0.0634. The SMILES string of the molecule is Cc1cc(C)n2nc(SC(C)C(=O)c3cc(C)n(Cc4ccco4)c3C)nc2n1. The lowest BCUT2D eigenvalue weighted by Crippen LogP contribution is -2.15. The minimum Gasteiger partial charge on any atom is -0.467 e. The molecule has 1 atom stereocenters. The molecule has 0 aliphatic heterocycles. The monoisotopic (exact) mass is 409 g/mol. The van der Waals surface area contributed by atoms with Gasteiger partial charge in [0.25, 0.3) is 5.78 Å². The summed E-state index contributed by atoms with van der Waals surface area (Å²) < 4.78 is 9.27. The molecule has 0 aliphatic carbocycles. The van der Waals surface area contributed by atoms with Gasteiger partial charge in [0.05, 0.1) is 18.1 Å². The summed E-state index contributed by atoms with van der Waals surface area (Å²) in [5, 5.41) is 4.74. The average Bonchev–Trinajstić information content (AvgIpc) is 3.37. The first kappa shape index (κ1) is 19.4. The van der Waals surface area contributed by atoms with Gasteiger partial charge in [0.15, 0.2) is 5.78 Å². The van der Waals surface area contributed by atoms with Crippen molar-refractivity contribution in [3.63, 3.8) is 0 Å². The minimum atomic E-state index is -0.314. The van der Waals surface area contributed by atoms with Crippen molar-refractivity contribution in [2.75, 3.05) is 0 Å². The molecular formula is C21H23N5O2S. The molecule has 8 heteroatoms. The molecule has 29 heavy (non-hydrogen) atoms. The number of furan rings is 1. The lowest BCUT2D eigenvalue weighted by molar-refractivity contribution is 0.0993. The Balaban J connectivity index is 1.56. The fourth-order valence-corrected chi connectivity index (χ4v) is 4.29. The Labute approximate surface area is 173 Å². The van der Waals surface area contributed by atoms with E-state index in [9.17, 15) is 4.79 Å². The van der Waals surface area contributed by atoms with Gasteiger partial charge >= 0.3 is 0 Å². The molecule has 0 saturated heterocycles. The highest BCUT2D eigenvalue weighted by Crippen LogP contribution is 2.26. The molecule has 0 radical (unpaired) electrons. The summed E-state index contributed by atoms with van der Waals surface area (Å²) in [5.74, 6) is 1.48. The first-order valence-corrected chi connectivity index (χ1v) is 10.3. The van der Waals surface area contributed by atoms with Crippen molar-refractivity contribution in [1.82, 2.24) is 24.1 Å². The van der Waals surface area contributed by atoms with E-state index in [4.69, 9.17) is 4.42 Å². The Morgan fingerprint density at radius 3 is 2.69 bits per heavy atom. The van der Waals surface area contributed by atoms with E-state index in [0.29, 0.717) is 17.5 Å². The molecule has 4 aromatic rings. The Morgan fingerprint density at radius 2 is 1.97 bits per heavy atom. The highest BCUT2D eigenvalue weighted by Gasteiger charge is 2.24. The molecule has 150 valence electrons. The number of fused-ring (bicyclic) bond motifs is 1. The lowest BCUT2D eigenvalue weighted by Gasteiger charge is -2.10. The van der Waals surface area contributed by atoms with Gasteiger partial charge < -0.3 is 8.98 Å². The van der Waals surface area contributed by atoms with Gasteiger partial charge in [-0.2, -0.15) is 4.98 Å². The van der Waals surface area contributed by atoms with Gasteiger partial charge in [0.2, 0.25) is 5.16 Å². The standard InChI is InChI=1S/C21H23N5O2S/c1-12-9-14(3)26-20(22-12)23-21(24-26)29-16(5)19(27)18-10-13(2)25(15(18)4)11-17-7-6-8-28-17/h6-10,16H,11H2,1-5H3. The molecule has 4 heterocycles. The first-order valence-electron chi connectivity index (χ1n) is 9.44. The van der Waals surface area contributed by atoms with E-state index >= 15 is 0 Å². The zero-order valence-corrected chi connectivity index (χ0v) is 17.9. The van der Waals surface area contributed by atoms with Gasteiger partial charge in [0.1, 0.15) is 5.76 Å². The normalized spacial score (nSPS) is 12.6. The van der Waals surface area contributed by atoms with Crippen LogP contribution in [0.25, 0.3) is 5.78 Å². The van der Waals surface area contributed by atoms with Crippen molar-refractivity contribution in [3.05, 3.63) is 64.6 Å². The van der Waals surface area contributed by atoms with E-state index in [-0.39, 0.29) is 11.0 Å². The van der Waals surface area contributed by atoms with Crippen molar-refractivity contribution in [2.45, 2.75) is 51.6 Å². The summed E-state index contributed by atoms with van der Waals surface area (Å²) in [6.45, 7) is 10.4. The van der Waals surface area contributed by atoms with Gasteiger partial charge in [-0.1, -0.05) is 11.8 Å². The molecule has 0 N–H and O–H groups in total. The number of nitrogens with zero attached hydrogens (tertiary/aromatic N) is 5. The van der Waals surface area contributed by atoms with Crippen molar-refractivity contribution < 1.29 is 9.21 Å². The van der Waals surface area contributed by atoms with Crippen molar-refractivity contribution in [3.8, 4) is 0 Å². The number of aromatic nitrogens is 5. The first-order chi connectivity index (χ1) is 13.8. The number of Topliss-reactive ketones (excluding diaryl/α,β-unsaturated/α-hetero) is 1. The van der Waals surface area contributed by atoms with Crippen LogP contribution in [-0.2, 0) is 6.54 Å². The van der Waals surface area contributed by atoms with Gasteiger partial charge in [0, 0.05) is 28.3 Å². The van der Waals surface area contributed by atoms with E-state index < -0.39 is 0 Å². The van der Waals surface area contributed by atoms with Crippen LogP contribution in [-0.4, -0.2) is 35.2 Å². The summed E-state index contributed by atoms with van der Waals surface area (Å²) >= 11 is 1.36. The Kier molecular flexibility index (Phi) is 5.04. The molecule has 4 aromatic heterocycles. The maximum atomic E-state index is 13.1. The largest absolute Gasteiger partial charge is 0.467 e. The fourth-order valence-electron chi connectivity index (χ4n) is 3.48. The zero-order chi connectivity index (χ0) is 20.7. The molecule has 0 bridgehead atoms. The maximum absolute atomic E-state index is 13.1. The Hall–Kier alpha value is -2.87. The average molecular weight is 410 g/mol. The van der Waals surface area contributed by atoms with Crippen LogP contribution in [0.1, 0.15) is 45.8 Å². The predicted molar refractivity (Wildman–Crippen MR) is 112 cm³/mol. The third-order valence-electron chi connectivity index (χ3n) is 4.98. The topological polar surface area (TPSA) is 78.2 Å². The van der Waals surface area contributed by atoms with Crippen molar-refractivity contribution in [1.29, 1.82) is 0 Å². The van der Waals surface area contributed by atoms with Crippen molar-refractivity contribution >= 4 is 23.3 Å². The molecule has 7 nitrogen and oxygen atoms in total. The van der Waals surface area contributed by atoms with E-state index in [1.807, 2.05) is 58.9 Å². The molecular weight excluding hydrogens is 386 g/mol. The fraction of sp³-hybridized carbons (Fsp3) is 0.333. The third kappa shape index (κ3) is 3.72. The van der Waals surface area contributed by atoms with Gasteiger partial charge in [-0.15, -0.1) is 5.10 Å². The number of aryl methyl sites for hydroxylation is 3. The number of ketones is 1. The zero-order valence-electron chi connectivity index (χ0n) is 17.1. The van der Waals surface area contributed by atoms with E-state index in [0.717, 1.165) is 34.1 Å². The molecule has 0 aliphatic rings. The smallest absolute Gasteiger partial charge is 0.253 e. The Morgan fingerprint density at radius 1 is 1.17 bits per heavy atom. The number of hydrogen-bond acceptors (Lipinski definition) is 6. The number of thioether (sulfide) groups is 1. The van der Waals surface area contributed by atoms with Gasteiger partial charge in [-0.3, -0.25) is 4.79 Å². The molecule has 4 rings (SSSR count). The number of carbonyl (C=O) groups is 1. The van der Waals surface area contributed by atoms with Crippen molar-refractivity contribution in [2.24, 2.45) is 0 Å². The van der Waals surface area contributed by atoms with Crippen LogP contribution in [0.15, 0.2) is 40.1 Å². The highest BCUT2D eigenvalue weighted by molar-refractivity contribution is 8.00. The third-order valence-corrected chi connectivity index (χ3v) is 5.93. The number of carbonyl (C=O) groups excluding carboxylic acids is 1. The predicted octanol–water partition coefficient (Wildman–Crippen LogP) is 4.16. The van der Waals surface area contributed by atoms with Crippen LogP contribution in [0.3, 0.4) is 0 Å². The quantitative estimate of drug-likeness (QED) is 0.351. The number of hydrogen-bond donors (Lipinski definition) is 0. The number of rotatable bonds is 6. The van der Waals surface area contributed by atoms with Crippen LogP contribution in [0.5, 0.6) is 0 Å². The molecule has 0 aromatic carbocycles. The summed E-state index contributed by atoms with van der Waals surface area (Å²) in [6, 6.07) is 7.71. The second-order valence-corrected chi connectivity index (χ2v) is 8.53. The summed E-state index contributed by atoms with van der Waals surface area (Å²) in [4.78, 5) is 22.0. The second-order valence-electron chi connectivity index (χ2n) is 7.22. The van der Waals surface area contributed by atoms with Crippen LogP contribution < -0.4 is 0 Å². The van der Waals surface area contributed by atoms with Crippen LogP contribution >= 0.6 is 11.8 Å². The summed E-state index contributed by atoms with van der Waals surface area (Å²) in [5.41, 5.74) is 4.55. The maximum Gasteiger partial charge on any atom is 0.253 e. The van der Waals surface area contributed by atoms with E-state index in [2.05, 4.69) is 19.6 Å². The molecule has 0 amide bonds. The van der Waals surface area contributed by atoms with Crippen LogP contribution in [0.4, 0.5) is 0 Å².